The van der Waals surface area contributed by atoms with Crippen molar-refractivity contribution in [2.45, 2.75) is 20.0 Å². The van der Waals surface area contributed by atoms with Gasteiger partial charge in [-0.15, -0.1) is 0 Å². The molecule has 0 fully saturated rings. The van der Waals surface area contributed by atoms with E-state index < -0.39 is 12.1 Å². The molecule has 5 heteroatoms. The molecule has 16 heavy (non-hydrogen) atoms. The highest BCUT2D eigenvalue weighted by atomic mass is 79.9. The van der Waals surface area contributed by atoms with Crippen molar-refractivity contribution in [3.05, 3.63) is 27.7 Å². The summed E-state index contributed by atoms with van der Waals surface area (Å²) in [5.74, 6) is -0.609. The summed E-state index contributed by atoms with van der Waals surface area (Å²) in [6.45, 7) is 3.59. The average molecular weight is 308 g/mol. The first kappa shape index (κ1) is 13.3. The van der Waals surface area contributed by atoms with Crippen LogP contribution in [0.5, 0.6) is 5.75 Å². The van der Waals surface area contributed by atoms with Gasteiger partial charge in [-0.05, 0) is 34.1 Å². The Bertz CT molecular complexity index is 393. The van der Waals surface area contributed by atoms with E-state index in [0.29, 0.717) is 15.2 Å². The minimum absolute atomic E-state index is 0.111. The molecule has 1 aromatic rings. The minimum Gasteiger partial charge on any atom is -0.478 e. The van der Waals surface area contributed by atoms with Gasteiger partial charge in [-0.25, -0.2) is 4.79 Å². The molecule has 0 bridgehead atoms. The summed E-state index contributed by atoms with van der Waals surface area (Å²) in [7, 11) is 0. The SMILES string of the molecule is CC(C)[C@H](Oc1ccc(Cl)cc1Br)C(=O)O. The summed E-state index contributed by atoms with van der Waals surface area (Å²) in [6.07, 6.45) is -0.863. The standard InChI is InChI=1S/C11H12BrClO3/c1-6(2)10(11(14)15)16-9-4-3-7(13)5-8(9)12/h3-6,10H,1-2H3,(H,14,15)/t10-/m0/s1. The molecule has 1 atom stereocenters. The Hall–Kier alpha value is -0.740. The summed E-state index contributed by atoms with van der Waals surface area (Å²) in [4.78, 5) is 11.0. The van der Waals surface area contributed by atoms with Gasteiger partial charge in [0.15, 0.2) is 6.10 Å². The third kappa shape index (κ3) is 3.39. The smallest absolute Gasteiger partial charge is 0.345 e. The van der Waals surface area contributed by atoms with E-state index >= 15 is 0 Å². The van der Waals surface area contributed by atoms with Crippen LogP contribution < -0.4 is 4.74 Å². The highest BCUT2D eigenvalue weighted by molar-refractivity contribution is 9.10. The highest BCUT2D eigenvalue weighted by Crippen LogP contribution is 2.29. The molecule has 0 aliphatic heterocycles. The molecule has 0 saturated heterocycles. The summed E-state index contributed by atoms with van der Waals surface area (Å²) in [5, 5.41) is 9.55. The zero-order chi connectivity index (χ0) is 12.3. The molecule has 0 aliphatic carbocycles. The van der Waals surface area contributed by atoms with E-state index in [9.17, 15) is 4.79 Å². The number of benzene rings is 1. The molecule has 0 aliphatic rings. The van der Waals surface area contributed by atoms with Crippen LogP contribution in [-0.4, -0.2) is 17.2 Å². The fourth-order valence-electron chi connectivity index (χ4n) is 1.18. The molecule has 3 nitrogen and oxygen atoms in total. The number of hydrogen-bond acceptors (Lipinski definition) is 2. The largest absolute Gasteiger partial charge is 0.478 e. The first-order valence-electron chi connectivity index (χ1n) is 4.76. The van der Waals surface area contributed by atoms with Crippen molar-refractivity contribution >= 4 is 33.5 Å². The van der Waals surface area contributed by atoms with Crippen molar-refractivity contribution in [2.75, 3.05) is 0 Å². The number of carboxylic acid groups (broad SMARTS) is 1. The molecule has 1 aromatic carbocycles. The minimum atomic E-state index is -0.975. The Morgan fingerprint density at radius 3 is 2.56 bits per heavy atom. The zero-order valence-corrected chi connectivity index (χ0v) is 11.2. The van der Waals surface area contributed by atoms with E-state index in [1.165, 1.54) is 0 Å². The molecular weight excluding hydrogens is 295 g/mol. The van der Waals surface area contributed by atoms with Crippen LogP contribution in [-0.2, 0) is 4.79 Å². The lowest BCUT2D eigenvalue weighted by atomic mass is 10.1. The van der Waals surface area contributed by atoms with Crippen LogP contribution in [0.25, 0.3) is 0 Å². The summed E-state index contributed by atoms with van der Waals surface area (Å²) >= 11 is 9.05. The zero-order valence-electron chi connectivity index (χ0n) is 8.91. The summed E-state index contributed by atoms with van der Waals surface area (Å²) in [6, 6.07) is 4.96. The van der Waals surface area contributed by atoms with Gasteiger partial charge in [0.2, 0.25) is 0 Å². The second-order valence-corrected chi connectivity index (χ2v) is 4.99. The van der Waals surface area contributed by atoms with E-state index in [-0.39, 0.29) is 5.92 Å². The average Bonchev–Trinajstić information content (AvgIpc) is 2.15. The van der Waals surface area contributed by atoms with Crippen LogP contribution in [0.1, 0.15) is 13.8 Å². The highest BCUT2D eigenvalue weighted by Gasteiger charge is 2.24. The molecule has 0 spiro atoms. The molecule has 1 rings (SSSR count). The number of aliphatic carboxylic acids is 1. The Kier molecular flexibility index (Phi) is 4.62. The van der Waals surface area contributed by atoms with Crippen molar-refractivity contribution in [3.63, 3.8) is 0 Å². The predicted molar refractivity (Wildman–Crippen MR) is 66.0 cm³/mol. The number of ether oxygens (including phenoxy) is 1. The van der Waals surface area contributed by atoms with E-state index in [1.807, 2.05) is 0 Å². The van der Waals surface area contributed by atoms with Gasteiger partial charge >= 0.3 is 5.97 Å². The first-order chi connectivity index (χ1) is 7.41. The third-order valence-electron chi connectivity index (χ3n) is 2.00. The summed E-state index contributed by atoms with van der Waals surface area (Å²) in [5.41, 5.74) is 0. The van der Waals surface area contributed by atoms with E-state index in [0.717, 1.165) is 0 Å². The fourth-order valence-corrected chi connectivity index (χ4v) is 1.96. The Labute approximate surface area is 107 Å². The van der Waals surface area contributed by atoms with Crippen molar-refractivity contribution in [1.29, 1.82) is 0 Å². The van der Waals surface area contributed by atoms with Crippen LogP contribution in [0.4, 0.5) is 0 Å². The van der Waals surface area contributed by atoms with Crippen LogP contribution in [0.2, 0.25) is 5.02 Å². The Morgan fingerprint density at radius 1 is 1.50 bits per heavy atom. The number of hydrogen-bond donors (Lipinski definition) is 1. The topological polar surface area (TPSA) is 46.5 Å². The van der Waals surface area contributed by atoms with Crippen molar-refractivity contribution in [2.24, 2.45) is 5.92 Å². The molecule has 0 radical (unpaired) electrons. The predicted octanol–water partition coefficient (Wildman–Crippen LogP) is 3.59. The second-order valence-electron chi connectivity index (χ2n) is 3.70. The van der Waals surface area contributed by atoms with Gasteiger partial charge in [0, 0.05) is 10.9 Å². The fraction of sp³-hybridized carbons (Fsp3) is 0.364. The monoisotopic (exact) mass is 306 g/mol. The van der Waals surface area contributed by atoms with Crippen LogP contribution >= 0.6 is 27.5 Å². The molecule has 0 heterocycles. The van der Waals surface area contributed by atoms with Gasteiger partial charge in [-0.3, -0.25) is 0 Å². The normalized spacial score (nSPS) is 12.6. The molecule has 0 saturated carbocycles. The molecule has 1 N–H and O–H groups in total. The molecule has 0 unspecified atom stereocenters. The number of rotatable bonds is 4. The van der Waals surface area contributed by atoms with Crippen molar-refractivity contribution in [3.8, 4) is 5.75 Å². The molecule has 0 aromatic heterocycles. The van der Waals surface area contributed by atoms with Crippen LogP contribution in [0.3, 0.4) is 0 Å². The summed E-state index contributed by atoms with van der Waals surface area (Å²) < 4.78 is 6.06. The van der Waals surface area contributed by atoms with E-state index in [1.54, 1.807) is 32.0 Å². The maximum absolute atomic E-state index is 11.0. The van der Waals surface area contributed by atoms with Gasteiger partial charge in [-0.2, -0.15) is 0 Å². The Morgan fingerprint density at radius 2 is 2.12 bits per heavy atom. The lowest BCUT2D eigenvalue weighted by Crippen LogP contribution is -2.32. The number of carbonyl (C=O) groups is 1. The Balaban J connectivity index is 2.90. The quantitative estimate of drug-likeness (QED) is 0.924. The second kappa shape index (κ2) is 5.55. The maximum atomic E-state index is 11.0. The third-order valence-corrected chi connectivity index (χ3v) is 2.85. The lowest BCUT2D eigenvalue weighted by Gasteiger charge is -2.19. The van der Waals surface area contributed by atoms with Crippen molar-refractivity contribution in [1.82, 2.24) is 0 Å². The van der Waals surface area contributed by atoms with E-state index in [4.69, 9.17) is 21.4 Å². The van der Waals surface area contributed by atoms with Gasteiger partial charge < -0.3 is 9.84 Å². The van der Waals surface area contributed by atoms with E-state index in [2.05, 4.69) is 15.9 Å². The van der Waals surface area contributed by atoms with Crippen LogP contribution in [0, 0.1) is 5.92 Å². The van der Waals surface area contributed by atoms with Gasteiger partial charge in [0.25, 0.3) is 0 Å². The number of carboxylic acids is 1. The van der Waals surface area contributed by atoms with Crippen molar-refractivity contribution < 1.29 is 14.6 Å². The van der Waals surface area contributed by atoms with Gasteiger partial charge in [-0.1, -0.05) is 25.4 Å². The molecule has 0 amide bonds. The molecular formula is C11H12BrClO3. The molecule has 88 valence electrons. The first-order valence-corrected chi connectivity index (χ1v) is 5.93. The van der Waals surface area contributed by atoms with Gasteiger partial charge in [0.05, 0.1) is 4.47 Å². The maximum Gasteiger partial charge on any atom is 0.345 e. The lowest BCUT2D eigenvalue weighted by molar-refractivity contribution is -0.147. The van der Waals surface area contributed by atoms with Crippen LogP contribution in [0.15, 0.2) is 22.7 Å². The number of halogens is 2. The van der Waals surface area contributed by atoms with Gasteiger partial charge in [0.1, 0.15) is 5.75 Å².